The van der Waals surface area contributed by atoms with Crippen LogP contribution < -0.4 is 0 Å². The summed E-state index contributed by atoms with van der Waals surface area (Å²) in [6, 6.07) is 7.49. The van der Waals surface area contributed by atoms with Crippen molar-refractivity contribution in [2.75, 3.05) is 26.2 Å². The predicted octanol–water partition coefficient (Wildman–Crippen LogP) is 1.54. The van der Waals surface area contributed by atoms with Crippen molar-refractivity contribution in [3.05, 3.63) is 35.4 Å². The molecule has 0 bridgehead atoms. The minimum atomic E-state index is -0.776. The summed E-state index contributed by atoms with van der Waals surface area (Å²) in [5, 5.41) is 9.20. The Morgan fingerprint density at radius 3 is 2.36 bits per heavy atom. The molecule has 0 spiro atoms. The molecule has 0 saturated carbocycles. The highest BCUT2D eigenvalue weighted by molar-refractivity contribution is 5.79. The average Bonchev–Trinajstić information content (AvgIpc) is 2.50. The van der Waals surface area contributed by atoms with Gasteiger partial charge in [0.15, 0.2) is 0 Å². The highest BCUT2D eigenvalue weighted by Gasteiger charge is 2.28. The molecule has 1 N–H and O–H groups in total. The fraction of sp³-hybridized carbons (Fsp3) is 0.529. The molecule has 1 unspecified atom stereocenters. The molecule has 1 aliphatic heterocycles. The summed E-state index contributed by atoms with van der Waals surface area (Å²) in [6.45, 7) is 6.37. The Hall–Kier alpha value is -1.88. The Balaban J connectivity index is 1.90. The molecular formula is C17H24N2O3. The van der Waals surface area contributed by atoms with Gasteiger partial charge >= 0.3 is 5.97 Å². The van der Waals surface area contributed by atoms with E-state index in [4.69, 9.17) is 0 Å². The number of nitrogens with zero attached hydrogens (tertiary/aromatic N) is 2. The molecule has 2 rings (SSSR count). The van der Waals surface area contributed by atoms with E-state index in [2.05, 4.69) is 0 Å². The Labute approximate surface area is 131 Å². The van der Waals surface area contributed by atoms with Gasteiger partial charge in [-0.1, -0.05) is 31.2 Å². The van der Waals surface area contributed by atoms with Crippen LogP contribution in [0.3, 0.4) is 0 Å². The first kappa shape index (κ1) is 16.5. The minimum absolute atomic E-state index is 0.123. The Morgan fingerprint density at radius 2 is 1.82 bits per heavy atom. The minimum Gasteiger partial charge on any atom is -0.480 e. The van der Waals surface area contributed by atoms with Gasteiger partial charge in [0.1, 0.15) is 6.04 Å². The summed E-state index contributed by atoms with van der Waals surface area (Å²) >= 11 is 0. The van der Waals surface area contributed by atoms with E-state index in [0.717, 1.165) is 11.1 Å². The number of hydrogen-bond acceptors (Lipinski definition) is 3. The van der Waals surface area contributed by atoms with E-state index in [1.165, 1.54) is 0 Å². The van der Waals surface area contributed by atoms with Crippen molar-refractivity contribution in [2.24, 2.45) is 0 Å². The second-order valence-corrected chi connectivity index (χ2v) is 5.78. The maximum Gasteiger partial charge on any atom is 0.320 e. The number of carboxylic acids is 1. The van der Waals surface area contributed by atoms with Crippen molar-refractivity contribution in [3.63, 3.8) is 0 Å². The zero-order valence-corrected chi connectivity index (χ0v) is 13.3. The molecule has 1 heterocycles. The number of carbonyl (C=O) groups excluding carboxylic acids is 1. The molecule has 5 nitrogen and oxygen atoms in total. The molecule has 1 atom stereocenters. The van der Waals surface area contributed by atoms with Crippen LogP contribution in [-0.4, -0.2) is 59.0 Å². The van der Waals surface area contributed by atoms with E-state index in [1.54, 1.807) is 0 Å². The van der Waals surface area contributed by atoms with Crippen LogP contribution in [0.2, 0.25) is 0 Å². The predicted molar refractivity (Wildman–Crippen MR) is 84.8 cm³/mol. The molecule has 0 aliphatic carbocycles. The molecule has 1 saturated heterocycles. The zero-order chi connectivity index (χ0) is 16.1. The molecule has 0 aromatic heterocycles. The Bertz CT molecular complexity index is 536. The SMILES string of the molecule is CCC(C(=O)O)N1CCN(C(=O)Cc2ccccc2C)CC1. The van der Waals surface area contributed by atoms with Crippen molar-refractivity contribution in [1.29, 1.82) is 0 Å². The van der Waals surface area contributed by atoms with Crippen LogP contribution >= 0.6 is 0 Å². The van der Waals surface area contributed by atoms with Crippen LogP contribution in [-0.2, 0) is 16.0 Å². The number of hydrogen-bond donors (Lipinski definition) is 1. The lowest BCUT2D eigenvalue weighted by molar-refractivity contribution is -0.144. The lowest BCUT2D eigenvalue weighted by atomic mass is 10.0. The summed E-state index contributed by atoms with van der Waals surface area (Å²) in [5.41, 5.74) is 2.19. The molecule has 1 fully saturated rings. The van der Waals surface area contributed by atoms with Crippen molar-refractivity contribution >= 4 is 11.9 Å². The quantitative estimate of drug-likeness (QED) is 0.896. The van der Waals surface area contributed by atoms with Crippen LogP contribution in [0.4, 0.5) is 0 Å². The van der Waals surface area contributed by atoms with Crippen molar-refractivity contribution in [3.8, 4) is 0 Å². The van der Waals surface area contributed by atoms with E-state index < -0.39 is 12.0 Å². The summed E-state index contributed by atoms with van der Waals surface area (Å²) < 4.78 is 0. The highest BCUT2D eigenvalue weighted by Crippen LogP contribution is 2.13. The Kier molecular flexibility index (Phi) is 5.55. The molecule has 5 heteroatoms. The molecule has 1 aliphatic rings. The van der Waals surface area contributed by atoms with Crippen molar-refractivity contribution in [1.82, 2.24) is 9.80 Å². The van der Waals surface area contributed by atoms with Gasteiger partial charge in [-0.15, -0.1) is 0 Å². The number of aliphatic carboxylic acids is 1. The standard InChI is InChI=1S/C17H24N2O3/c1-3-15(17(21)22)18-8-10-19(11-9-18)16(20)12-14-7-5-4-6-13(14)2/h4-7,15H,3,8-12H2,1-2H3,(H,21,22). The van der Waals surface area contributed by atoms with Crippen molar-refractivity contribution in [2.45, 2.75) is 32.7 Å². The third kappa shape index (κ3) is 3.85. The summed E-state index contributed by atoms with van der Waals surface area (Å²) in [7, 11) is 0. The number of amides is 1. The van der Waals surface area contributed by atoms with E-state index in [0.29, 0.717) is 39.0 Å². The first-order valence-corrected chi connectivity index (χ1v) is 7.82. The van der Waals surface area contributed by atoms with Gasteiger partial charge in [-0.25, -0.2) is 0 Å². The normalized spacial score (nSPS) is 17.3. The molecule has 120 valence electrons. The maximum atomic E-state index is 12.4. The van der Waals surface area contributed by atoms with Crippen molar-refractivity contribution < 1.29 is 14.7 Å². The van der Waals surface area contributed by atoms with Gasteiger partial charge in [0, 0.05) is 26.2 Å². The molecule has 22 heavy (non-hydrogen) atoms. The number of carbonyl (C=O) groups is 2. The lowest BCUT2D eigenvalue weighted by Gasteiger charge is -2.37. The third-order valence-electron chi connectivity index (χ3n) is 4.38. The molecular weight excluding hydrogens is 280 g/mol. The first-order valence-electron chi connectivity index (χ1n) is 7.82. The molecule has 1 aromatic rings. The lowest BCUT2D eigenvalue weighted by Crippen LogP contribution is -2.54. The van der Waals surface area contributed by atoms with E-state index in [9.17, 15) is 14.7 Å². The Morgan fingerprint density at radius 1 is 1.18 bits per heavy atom. The fourth-order valence-corrected chi connectivity index (χ4v) is 2.96. The van der Waals surface area contributed by atoms with E-state index in [1.807, 2.05) is 47.9 Å². The van der Waals surface area contributed by atoms with Crippen LogP contribution in [0.25, 0.3) is 0 Å². The second kappa shape index (κ2) is 7.40. The maximum absolute atomic E-state index is 12.4. The zero-order valence-electron chi connectivity index (χ0n) is 13.3. The van der Waals surface area contributed by atoms with Gasteiger partial charge in [-0.05, 0) is 24.5 Å². The number of rotatable bonds is 5. The van der Waals surface area contributed by atoms with E-state index >= 15 is 0 Å². The second-order valence-electron chi connectivity index (χ2n) is 5.78. The highest BCUT2D eigenvalue weighted by atomic mass is 16.4. The smallest absolute Gasteiger partial charge is 0.320 e. The van der Waals surface area contributed by atoms with Gasteiger partial charge in [0.25, 0.3) is 0 Å². The monoisotopic (exact) mass is 304 g/mol. The number of aryl methyl sites for hydroxylation is 1. The summed E-state index contributed by atoms with van der Waals surface area (Å²) in [5.74, 6) is -0.653. The molecule has 1 aromatic carbocycles. The fourth-order valence-electron chi connectivity index (χ4n) is 2.96. The van der Waals surface area contributed by atoms with Gasteiger partial charge < -0.3 is 10.0 Å². The average molecular weight is 304 g/mol. The van der Waals surface area contributed by atoms with Gasteiger partial charge in [0.05, 0.1) is 6.42 Å². The molecule has 1 amide bonds. The summed E-state index contributed by atoms with van der Waals surface area (Å²) in [6.07, 6.45) is 1.01. The third-order valence-corrected chi connectivity index (χ3v) is 4.38. The van der Waals surface area contributed by atoms with Crippen LogP contribution in [0, 0.1) is 6.92 Å². The number of carboxylic acid groups (broad SMARTS) is 1. The van der Waals surface area contributed by atoms with Gasteiger partial charge in [-0.3, -0.25) is 14.5 Å². The van der Waals surface area contributed by atoms with Gasteiger partial charge in [-0.2, -0.15) is 0 Å². The molecule has 0 radical (unpaired) electrons. The largest absolute Gasteiger partial charge is 0.480 e. The van der Waals surface area contributed by atoms with Crippen LogP contribution in [0.15, 0.2) is 24.3 Å². The van der Waals surface area contributed by atoms with E-state index in [-0.39, 0.29) is 5.91 Å². The first-order chi connectivity index (χ1) is 10.5. The van der Waals surface area contributed by atoms with Crippen LogP contribution in [0.1, 0.15) is 24.5 Å². The van der Waals surface area contributed by atoms with Gasteiger partial charge in [0.2, 0.25) is 5.91 Å². The van der Waals surface area contributed by atoms with Crippen LogP contribution in [0.5, 0.6) is 0 Å². The topological polar surface area (TPSA) is 60.9 Å². The summed E-state index contributed by atoms with van der Waals surface area (Å²) in [4.78, 5) is 27.4. The number of benzene rings is 1. The number of piperazine rings is 1.